The molecule has 128 valence electrons. The van der Waals surface area contributed by atoms with Gasteiger partial charge in [0.2, 0.25) is 0 Å². The summed E-state index contributed by atoms with van der Waals surface area (Å²) < 4.78 is 0. The highest BCUT2D eigenvalue weighted by Crippen LogP contribution is 2.31. The zero-order valence-corrected chi connectivity index (χ0v) is 15.3. The molecular weight excluding hydrogens is 330 g/mol. The second-order valence-corrected chi connectivity index (χ2v) is 6.51. The molecule has 0 radical (unpaired) electrons. The summed E-state index contributed by atoms with van der Waals surface area (Å²) in [7, 11) is 0. The number of rotatable bonds is 5. The van der Waals surface area contributed by atoms with Crippen molar-refractivity contribution in [2.24, 2.45) is 0 Å². The Morgan fingerprint density at radius 2 is 1.48 bits per heavy atom. The Morgan fingerprint density at radius 3 is 2.12 bits per heavy atom. The van der Waals surface area contributed by atoms with Crippen LogP contribution in [0.3, 0.4) is 0 Å². The van der Waals surface area contributed by atoms with Crippen LogP contribution in [0.5, 0.6) is 0 Å². The first-order valence-electron chi connectivity index (χ1n) is 8.66. The van der Waals surface area contributed by atoms with Crippen LogP contribution < -0.4 is 0 Å². The maximum Gasteiger partial charge on any atom is 0.253 e. The Bertz CT molecular complexity index is 869. The number of hydrogen-bond acceptors (Lipinski definition) is 1. The van der Waals surface area contributed by atoms with Gasteiger partial charge in [-0.05, 0) is 53.9 Å². The lowest BCUT2D eigenvalue weighted by molar-refractivity contribution is 0.0773. The number of halogens is 1. The highest BCUT2D eigenvalue weighted by Gasteiger charge is 2.15. The first-order valence-corrected chi connectivity index (χ1v) is 9.09. The summed E-state index contributed by atoms with van der Waals surface area (Å²) in [5.74, 6) is 0.0633. The Morgan fingerprint density at radius 1 is 0.880 bits per heavy atom. The van der Waals surface area contributed by atoms with E-state index in [1.54, 1.807) is 0 Å². The second-order valence-electron chi connectivity index (χ2n) is 6.07. The van der Waals surface area contributed by atoms with Gasteiger partial charge in [0.15, 0.2) is 0 Å². The van der Waals surface area contributed by atoms with Crippen molar-refractivity contribution in [2.75, 3.05) is 13.1 Å². The molecule has 0 fully saturated rings. The molecule has 1 amide bonds. The van der Waals surface area contributed by atoms with E-state index in [1.165, 1.54) is 10.8 Å². The van der Waals surface area contributed by atoms with E-state index in [2.05, 4.69) is 30.3 Å². The van der Waals surface area contributed by atoms with Crippen LogP contribution in [-0.4, -0.2) is 23.9 Å². The normalized spacial score (nSPS) is 12.1. The van der Waals surface area contributed by atoms with Gasteiger partial charge in [0.05, 0.1) is 5.38 Å². The Hall–Kier alpha value is -2.32. The van der Waals surface area contributed by atoms with E-state index < -0.39 is 0 Å². The van der Waals surface area contributed by atoms with Gasteiger partial charge in [0.25, 0.3) is 5.91 Å². The molecule has 0 spiro atoms. The maximum absolute atomic E-state index is 12.4. The van der Waals surface area contributed by atoms with E-state index in [4.69, 9.17) is 11.6 Å². The van der Waals surface area contributed by atoms with Gasteiger partial charge in [0.1, 0.15) is 0 Å². The van der Waals surface area contributed by atoms with Crippen molar-refractivity contribution in [3.05, 3.63) is 83.4 Å². The van der Waals surface area contributed by atoms with E-state index in [0.29, 0.717) is 18.7 Å². The zero-order valence-electron chi connectivity index (χ0n) is 14.6. The fourth-order valence-electron chi connectivity index (χ4n) is 3.05. The fraction of sp³-hybridized carbons (Fsp3) is 0.227. The van der Waals surface area contributed by atoms with Crippen molar-refractivity contribution in [3.63, 3.8) is 0 Å². The van der Waals surface area contributed by atoms with Crippen molar-refractivity contribution >= 4 is 28.3 Å². The molecule has 1 atom stereocenters. The van der Waals surface area contributed by atoms with Gasteiger partial charge >= 0.3 is 0 Å². The molecule has 0 aromatic heterocycles. The van der Waals surface area contributed by atoms with Gasteiger partial charge in [-0.3, -0.25) is 4.79 Å². The standard InChI is InChI=1S/C22H22ClNO/c1-3-24(4-2)22(25)18-12-10-17(11-13-18)21(23)20-14-9-16-7-5-6-8-19(16)15-20/h5-15,21H,3-4H2,1-2H3. The number of benzene rings is 3. The SMILES string of the molecule is CCN(CC)C(=O)c1ccc(C(Cl)c2ccc3ccccc3c2)cc1. The molecule has 0 saturated carbocycles. The molecule has 3 aromatic rings. The molecule has 3 rings (SSSR count). The molecule has 0 aliphatic heterocycles. The molecule has 0 saturated heterocycles. The molecule has 0 heterocycles. The molecular formula is C22H22ClNO. The molecule has 0 aliphatic rings. The minimum atomic E-state index is -0.234. The van der Waals surface area contributed by atoms with Crippen LogP contribution >= 0.6 is 11.6 Å². The summed E-state index contributed by atoms with van der Waals surface area (Å²) in [5.41, 5.74) is 2.76. The molecule has 3 heteroatoms. The van der Waals surface area contributed by atoms with Crippen molar-refractivity contribution in [3.8, 4) is 0 Å². The van der Waals surface area contributed by atoms with Gasteiger partial charge < -0.3 is 4.90 Å². The van der Waals surface area contributed by atoms with Crippen LogP contribution in [0.4, 0.5) is 0 Å². The van der Waals surface area contributed by atoms with Crippen LogP contribution in [0, 0.1) is 0 Å². The summed E-state index contributed by atoms with van der Waals surface area (Å²) in [6.45, 7) is 5.41. The van der Waals surface area contributed by atoms with Gasteiger partial charge in [-0.2, -0.15) is 0 Å². The number of fused-ring (bicyclic) bond motifs is 1. The molecule has 2 nitrogen and oxygen atoms in total. The van der Waals surface area contributed by atoms with E-state index in [9.17, 15) is 4.79 Å². The van der Waals surface area contributed by atoms with Crippen LogP contribution in [0.15, 0.2) is 66.7 Å². The lowest BCUT2D eigenvalue weighted by Gasteiger charge is -2.19. The topological polar surface area (TPSA) is 20.3 Å². The first-order chi connectivity index (χ1) is 12.1. The van der Waals surface area contributed by atoms with Crippen LogP contribution in [0.25, 0.3) is 10.8 Å². The van der Waals surface area contributed by atoms with Crippen molar-refractivity contribution in [1.29, 1.82) is 0 Å². The van der Waals surface area contributed by atoms with Gasteiger partial charge in [-0.25, -0.2) is 0 Å². The summed E-state index contributed by atoms with van der Waals surface area (Å²) in [6, 6.07) is 22.2. The summed E-state index contributed by atoms with van der Waals surface area (Å²) in [4.78, 5) is 14.2. The third-order valence-corrected chi connectivity index (χ3v) is 5.07. The predicted octanol–water partition coefficient (Wildman–Crippen LogP) is 5.65. The Balaban J connectivity index is 1.84. The predicted molar refractivity (Wildman–Crippen MR) is 105 cm³/mol. The smallest absolute Gasteiger partial charge is 0.253 e. The summed E-state index contributed by atoms with van der Waals surface area (Å²) >= 11 is 6.69. The highest BCUT2D eigenvalue weighted by molar-refractivity contribution is 6.22. The average Bonchev–Trinajstić information content (AvgIpc) is 2.68. The lowest BCUT2D eigenvalue weighted by Crippen LogP contribution is -2.30. The van der Waals surface area contributed by atoms with Crippen molar-refractivity contribution in [1.82, 2.24) is 4.90 Å². The van der Waals surface area contributed by atoms with Gasteiger partial charge in [0, 0.05) is 18.7 Å². The molecule has 1 unspecified atom stereocenters. The van der Waals surface area contributed by atoms with E-state index >= 15 is 0 Å². The number of carbonyl (C=O) groups is 1. The van der Waals surface area contributed by atoms with Crippen molar-refractivity contribution in [2.45, 2.75) is 19.2 Å². The molecule has 0 aliphatic carbocycles. The number of alkyl halides is 1. The minimum Gasteiger partial charge on any atom is -0.339 e. The number of amides is 1. The largest absolute Gasteiger partial charge is 0.339 e. The lowest BCUT2D eigenvalue weighted by atomic mass is 10.00. The first kappa shape index (κ1) is 17.5. The quantitative estimate of drug-likeness (QED) is 0.544. The van der Waals surface area contributed by atoms with E-state index in [0.717, 1.165) is 11.1 Å². The average molecular weight is 352 g/mol. The van der Waals surface area contributed by atoms with Crippen LogP contribution in [-0.2, 0) is 0 Å². The third kappa shape index (κ3) is 3.69. The number of carbonyl (C=O) groups excluding carboxylic acids is 1. The molecule has 0 bridgehead atoms. The number of nitrogens with zero attached hydrogens (tertiary/aromatic N) is 1. The maximum atomic E-state index is 12.4. The zero-order chi connectivity index (χ0) is 17.8. The molecule has 0 N–H and O–H groups in total. The van der Waals surface area contributed by atoms with E-state index in [-0.39, 0.29) is 11.3 Å². The third-order valence-electron chi connectivity index (χ3n) is 4.57. The Labute approximate surface area is 154 Å². The van der Waals surface area contributed by atoms with Gasteiger partial charge in [-0.1, -0.05) is 48.5 Å². The monoisotopic (exact) mass is 351 g/mol. The summed E-state index contributed by atoms with van der Waals surface area (Å²) in [6.07, 6.45) is 0. The van der Waals surface area contributed by atoms with Crippen LogP contribution in [0.2, 0.25) is 0 Å². The fourth-order valence-corrected chi connectivity index (χ4v) is 3.33. The van der Waals surface area contributed by atoms with Crippen molar-refractivity contribution < 1.29 is 4.79 Å². The van der Waals surface area contributed by atoms with E-state index in [1.807, 2.05) is 55.1 Å². The highest BCUT2D eigenvalue weighted by atomic mass is 35.5. The molecule has 3 aromatic carbocycles. The Kier molecular flexibility index (Phi) is 5.40. The van der Waals surface area contributed by atoms with Crippen LogP contribution in [0.1, 0.15) is 40.7 Å². The number of hydrogen-bond donors (Lipinski definition) is 0. The van der Waals surface area contributed by atoms with Gasteiger partial charge in [-0.15, -0.1) is 11.6 Å². The minimum absolute atomic E-state index is 0.0633. The summed E-state index contributed by atoms with van der Waals surface area (Å²) in [5, 5.41) is 2.15. The second kappa shape index (κ2) is 7.71. The molecule has 25 heavy (non-hydrogen) atoms.